The number of anilines is 1. The molecule has 1 N–H and O–H groups in total. The molecule has 0 saturated heterocycles. The van der Waals surface area contributed by atoms with E-state index in [0.29, 0.717) is 5.56 Å². The number of nitro benzene ring substituents is 1. The summed E-state index contributed by atoms with van der Waals surface area (Å²) >= 11 is 0. The number of fused-ring (bicyclic) bond motifs is 1. The van der Waals surface area contributed by atoms with Gasteiger partial charge in [0.2, 0.25) is 0 Å². The van der Waals surface area contributed by atoms with Gasteiger partial charge in [-0.3, -0.25) is 10.1 Å². The monoisotopic (exact) mass is 245 g/mol. The number of non-ortho nitro benzene ring substituents is 1. The maximum Gasteiger partial charge on any atom is 0.271 e. The summed E-state index contributed by atoms with van der Waals surface area (Å²) in [6, 6.07) is 5.12. The third-order valence-corrected chi connectivity index (χ3v) is 3.32. The minimum atomic E-state index is -0.453. The van der Waals surface area contributed by atoms with Crippen LogP contribution in [0.25, 0.3) is 0 Å². The Hall–Kier alpha value is -2.09. The van der Waals surface area contributed by atoms with Gasteiger partial charge < -0.3 is 5.32 Å². The van der Waals surface area contributed by atoms with Gasteiger partial charge in [-0.05, 0) is 17.4 Å². The minimum Gasteiger partial charge on any atom is -0.380 e. The molecule has 0 saturated carbocycles. The molecule has 0 aliphatic carbocycles. The predicted octanol–water partition coefficient (Wildman–Crippen LogP) is 2.85. The zero-order valence-electron chi connectivity index (χ0n) is 10.7. The van der Waals surface area contributed by atoms with E-state index in [9.17, 15) is 10.1 Å². The van der Waals surface area contributed by atoms with Crippen LogP contribution in [-0.2, 0) is 6.42 Å². The number of rotatable bonds is 1. The van der Waals surface area contributed by atoms with E-state index in [4.69, 9.17) is 5.26 Å². The van der Waals surface area contributed by atoms with Crippen molar-refractivity contribution < 1.29 is 4.92 Å². The van der Waals surface area contributed by atoms with Crippen molar-refractivity contribution in [3.8, 4) is 6.07 Å². The lowest BCUT2D eigenvalue weighted by Gasteiger charge is -2.27. The number of nitriles is 1. The second kappa shape index (κ2) is 3.98. The van der Waals surface area contributed by atoms with Gasteiger partial charge in [0.25, 0.3) is 5.69 Å². The quantitative estimate of drug-likeness (QED) is 0.609. The van der Waals surface area contributed by atoms with Gasteiger partial charge in [-0.2, -0.15) is 5.26 Å². The van der Waals surface area contributed by atoms with Crippen LogP contribution in [0.3, 0.4) is 0 Å². The van der Waals surface area contributed by atoms with E-state index < -0.39 is 4.92 Å². The Morgan fingerprint density at radius 1 is 1.50 bits per heavy atom. The average molecular weight is 245 g/mol. The van der Waals surface area contributed by atoms with E-state index in [0.717, 1.165) is 17.7 Å². The normalized spacial score (nSPS) is 17.8. The number of nitro groups is 1. The SMILES string of the molecule is CC(C)(C)C1Cc2cc([N+](=O)[O-])cc(C#N)c2N1. The molecule has 0 fully saturated rings. The maximum absolute atomic E-state index is 10.8. The molecule has 1 aromatic carbocycles. The first-order chi connectivity index (χ1) is 8.32. The number of nitrogens with one attached hydrogen (secondary N) is 1. The number of hydrogen-bond donors (Lipinski definition) is 1. The van der Waals surface area contributed by atoms with Crippen molar-refractivity contribution in [3.63, 3.8) is 0 Å². The molecular formula is C13H15N3O2. The molecule has 0 bridgehead atoms. The van der Waals surface area contributed by atoms with Crippen molar-refractivity contribution >= 4 is 11.4 Å². The van der Waals surface area contributed by atoms with Crippen molar-refractivity contribution in [2.45, 2.75) is 33.2 Å². The molecule has 94 valence electrons. The lowest BCUT2D eigenvalue weighted by molar-refractivity contribution is -0.384. The highest BCUT2D eigenvalue weighted by Gasteiger charge is 2.33. The number of hydrogen-bond acceptors (Lipinski definition) is 4. The van der Waals surface area contributed by atoms with E-state index in [2.05, 4.69) is 26.1 Å². The van der Waals surface area contributed by atoms with Crippen molar-refractivity contribution in [2.24, 2.45) is 5.41 Å². The number of benzene rings is 1. The molecule has 2 rings (SSSR count). The van der Waals surface area contributed by atoms with Crippen LogP contribution < -0.4 is 5.32 Å². The third kappa shape index (κ3) is 2.02. The Balaban J connectivity index is 2.47. The summed E-state index contributed by atoms with van der Waals surface area (Å²) in [4.78, 5) is 10.4. The fourth-order valence-corrected chi connectivity index (χ4v) is 2.18. The van der Waals surface area contributed by atoms with Crippen molar-refractivity contribution in [2.75, 3.05) is 5.32 Å². The van der Waals surface area contributed by atoms with E-state index in [1.54, 1.807) is 6.07 Å². The van der Waals surface area contributed by atoms with Gasteiger partial charge in [0, 0.05) is 18.2 Å². The molecule has 0 radical (unpaired) electrons. The van der Waals surface area contributed by atoms with Gasteiger partial charge in [0.05, 0.1) is 16.2 Å². The molecule has 0 aromatic heterocycles. The summed E-state index contributed by atoms with van der Waals surface area (Å²) in [6.07, 6.45) is 0.717. The third-order valence-electron chi connectivity index (χ3n) is 3.32. The van der Waals surface area contributed by atoms with Crippen LogP contribution in [0.2, 0.25) is 0 Å². The Bertz CT molecular complexity index is 553. The minimum absolute atomic E-state index is 0.0124. The molecule has 1 aromatic rings. The van der Waals surface area contributed by atoms with Gasteiger partial charge >= 0.3 is 0 Å². The molecule has 5 nitrogen and oxygen atoms in total. The largest absolute Gasteiger partial charge is 0.380 e. The first-order valence-electron chi connectivity index (χ1n) is 5.81. The lowest BCUT2D eigenvalue weighted by Crippen LogP contribution is -2.31. The highest BCUT2D eigenvalue weighted by Crippen LogP contribution is 2.38. The Morgan fingerprint density at radius 2 is 2.17 bits per heavy atom. The summed E-state index contributed by atoms with van der Waals surface area (Å²) in [5.41, 5.74) is 2.00. The second-order valence-corrected chi connectivity index (χ2v) is 5.66. The smallest absolute Gasteiger partial charge is 0.271 e. The molecule has 1 unspecified atom stereocenters. The maximum atomic E-state index is 10.8. The Morgan fingerprint density at radius 3 is 2.67 bits per heavy atom. The van der Waals surface area contributed by atoms with Crippen LogP contribution in [0.15, 0.2) is 12.1 Å². The summed E-state index contributed by atoms with van der Waals surface area (Å²) < 4.78 is 0. The predicted molar refractivity (Wildman–Crippen MR) is 68.4 cm³/mol. The molecule has 0 spiro atoms. The number of nitrogens with zero attached hydrogens (tertiary/aromatic N) is 2. The van der Waals surface area contributed by atoms with Crippen molar-refractivity contribution in [3.05, 3.63) is 33.4 Å². The topological polar surface area (TPSA) is 79.0 Å². The molecule has 5 heteroatoms. The average Bonchev–Trinajstić information content (AvgIpc) is 2.70. The summed E-state index contributed by atoms with van der Waals surface area (Å²) in [5.74, 6) is 0. The lowest BCUT2D eigenvalue weighted by atomic mass is 9.85. The first-order valence-corrected chi connectivity index (χ1v) is 5.81. The summed E-state index contributed by atoms with van der Waals surface area (Å²) in [7, 11) is 0. The van der Waals surface area contributed by atoms with Gasteiger partial charge in [-0.15, -0.1) is 0 Å². The molecule has 18 heavy (non-hydrogen) atoms. The van der Waals surface area contributed by atoms with E-state index in [-0.39, 0.29) is 17.1 Å². The molecular weight excluding hydrogens is 230 g/mol. The summed E-state index contributed by atoms with van der Waals surface area (Å²) in [5, 5.41) is 23.2. The van der Waals surface area contributed by atoms with Crippen LogP contribution in [0.5, 0.6) is 0 Å². The van der Waals surface area contributed by atoms with Crippen molar-refractivity contribution in [1.29, 1.82) is 5.26 Å². The van der Waals surface area contributed by atoms with Crippen LogP contribution in [0.1, 0.15) is 31.9 Å². The zero-order chi connectivity index (χ0) is 13.5. The Labute approximate surface area is 106 Å². The molecule has 1 atom stereocenters. The van der Waals surface area contributed by atoms with Crippen molar-refractivity contribution in [1.82, 2.24) is 0 Å². The highest BCUT2D eigenvalue weighted by molar-refractivity contribution is 5.70. The van der Waals surface area contributed by atoms with Crippen LogP contribution in [0, 0.1) is 26.9 Å². The zero-order valence-corrected chi connectivity index (χ0v) is 10.7. The van der Waals surface area contributed by atoms with Crippen LogP contribution in [-0.4, -0.2) is 11.0 Å². The second-order valence-electron chi connectivity index (χ2n) is 5.66. The molecule has 0 amide bonds. The fourth-order valence-electron chi connectivity index (χ4n) is 2.18. The standard InChI is InChI=1S/C13H15N3O2/c1-13(2,3)11-6-8-4-10(16(17)18)5-9(7-14)12(8)15-11/h4-5,11,15H,6H2,1-3H3. The summed E-state index contributed by atoms with van der Waals surface area (Å²) in [6.45, 7) is 6.32. The van der Waals surface area contributed by atoms with Crippen LogP contribution >= 0.6 is 0 Å². The van der Waals surface area contributed by atoms with Crippen LogP contribution in [0.4, 0.5) is 11.4 Å². The van der Waals surface area contributed by atoms with E-state index >= 15 is 0 Å². The van der Waals surface area contributed by atoms with E-state index in [1.165, 1.54) is 6.07 Å². The van der Waals surface area contributed by atoms with Gasteiger partial charge in [-0.25, -0.2) is 0 Å². The molecule has 1 aliphatic heterocycles. The van der Waals surface area contributed by atoms with E-state index in [1.807, 2.05) is 6.07 Å². The Kier molecular flexibility index (Phi) is 2.74. The molecule has 1 heterocycles. The fraction of sp³-hybridized carbons (Fsp3) is 0.462. The molecule has 1 aliphatic rings. The van der Waals surface area contributed by atoms with Gasteiger partial charge in [-0.1, -0.05) is 20.8 Å². The first kappa shape index (κ1) is 12.4. The van der Waals surface area contributed by atoms with Gasteiger partial charge in [0.15, 0.2) is 0 Å². The highest BCUT2D eigenvalue weighted by atomic mass is 16.6. The van der Waals surface area contributed by atoms with Gasteiger partial charge in [0.1, 0.15) is 6.07 Å².